The Labute approximate surface area is 457 Å². The molecule has 0 rings (SSSR count). The Balaban J connectivity index is 5.52. The van der Waals surface area contributed by atoms with Gasteiger partial charge in [0.2, 0.25) is 0 Å². The second-order valence-corrected chi connectivity index (χ2v) is 22.0. The Hall–Kier alpha value is -2.91. The summed E-state index contributed by atoms with van der Waals surface area (Å²) >= 11 is 0. The summed E-state index contributed by atoms with van der Waals surface area (Å²) in [4.78, 5) is 53.3. The van der Waals surface area contributed by atoms with Crippen molar-refractivity contribution in [2.24, 2.45) is 10.8 Å². The Morgan fingerprint density at radius 3 is 1.35 bits per heavy atom. The van der Waals surface area contributed by atoms with E-state index in [0.717, 1.165) is 109 Å². The molecule has 0 radical (unpaired) electrons. The van der Waals surface area contributed by atoms with Crippen LogP contribution in [0.5, 0.6) is 0 Å². The Morgan fingerprint density at radius 1 is 0.459 bits per heavy atom. The maximum atomic E-state index is 14.2. The van der Waals surface area contributed by atoms with E-state index in [0.29, 0.717) is 64.4 Å². The van der Waals surface area contributed by atoms with Crippen LogP contribution in [0.25, 0.3) is 0 Å². The van der Waals surface area contributed by atoms with Crippen molar-refractivity contribution in [1.82, 2.24) is 4.90 Å². The van der Waals surface area contributed by atoms with E-state index in [4.69, 9.17) is 19.2 Å². The van der Waals surface area contributed by atoms with E-state index in [9.17, 15) is 19.5 Å². The van der Waals surface area contributed by atoms with Crippen LogP contribution in [0.4, 0.5) is 4.79 Å². The van der Waals surface area contributed by atoms with E-state index >= 15 is 0 Å². The Kier molecular flexibility index (Phi) is 50.1. The first-order valence-electron chi connectivity index (χ1n) is 31.2. The number of carboxylic acid groups (broad SMARTS) is 1. The fourth-order valence-corrected chi connectivity index (χ4v) is 10.0. The van der Waals surface area contributed by atoms with Crippen molar-refractivity contribution in [3.63, 3.8) is 0 Å². The van der Waals surface area contributed by atoms with Crippen LogP contribution < -0.4 is 0 Å². The van der Waals surface area contributed by atoms with Crippen LogP contribution >= 0.6 is 0 Å². The highest BCUT2D eigenvalue weighted by Crippen LogP contribution is 2.41. The summed E-state index contributed by atoms with van der Waals surface area (Å²) in [5.74, 6) is -1.07. The number of rotatable bonds is 55. The molecule has 9 heteroatoms. The molecule has 3 unspecified atom stereocenters. The van der Waals surface area contributed by atoms with Crippen molar-refractivity contribution < 1.29 is 38.7 Å². The quantitative estimate of drug-likeness (QED) is 0.0209. The minimum atomic E-state index is -0.799. The molecule has 0 spiro atoms. The van der Waals surface area contributed by atoms with Crippen molar-refractivity contribution in [1.29, 1.82) is 0 Å². The van der Waals surface area contributed by atoms with Crippen LogP contribution in [0.3, 0.4) is 0 Å². The van der Waals surface area contributed by atoms with E-state index < -0.39 is 23.0 Å². The molecular formula is C65H119NO8. The highest BCUT2D eigenvalue weighted by atomic mass is 17.2. The Bertz CT molecular complexity index is 1410. The van der Waals surface area contributed by atoms with E-state index in [-0.39, 0.29) is 18.7 Å². The van der Waals surface area contributed by atoms with Gasteiger partial charge in [0.15, 0.2) is 0 Å². The molecule has 0 aromatic rings. The van der Waals surface area contributed by atoms with Gasteiger partial charge in [-0.2, -0.15) is 4.89 Å². The summed E-state index contributed by atoms with van der Waals surface area (Å²) in [7, 11) is 4.00. The molecule has 0 aliphatic carbocycles. The molecule has 0 aliphatic rings. The monoisotopic (exact) mass is 1040 g/mol. The highest BCUT2D eigenvalue weighted by molar-refractivity contribution is 5.76. The first kappa shape index (κ1) is 71.1. The predicted octanol–water partition coefficient (Wildman–Crippen LogP) is 19.9. The van der Waals surface area contributed by atoms with Gasteiger partial charge in [-0.25, -0.2) is 9.59 Å². The number of carboxylic acids is 1. The molecule has 0 bridgehead atoms. The fraction of sp³-hybridized carbons (Fsp3) is 0.831. The van der Waals surface area contributed by atoms with Crippen molar-refractivity contribution in [3.8, 4) is 0 Å². The number of allylic oxidation sites excluding steroid dienone is 8. The molecule has 0 saturated carbocycles. The molecule has 0 amide bonds. The van der Waals surface area contributed by atoms with Crippen molar-refractivity contribution in [3.05, 3.63) is 48.6 Å². The lowest BCUT2D eigenvalue weighted by Crippen LogP contribution is -2.35. The number of ether oxygens (including phenoxy) is 2. The first-order valence-corrected chi connectivity index (χ1v) is 31.2. The van der Waals surface area contributed by atoms with E-state index in [1.54, 1.807) is 0 Å². The highest BCUT2D eigenvalue weighted by Gasteiger charge is 2.41. The Morgan fingerprint density at radius 2 is 0.865 bits per heavy atom. The summed E-state index contributed by atoms with van der Waals surface area (Å²) in [5, 5.41) is 10.6. The predicted molar refractivity (Wildman–Crippen MR) is 314 cm³/mol. The molecule has 0 aromatic carbocycles. The van der Waals surface area contributed by atoms with E-state index in [2.05, 4.69) is 81.2 Å². The number of carbonyl (C=O) groups excluding carboxylic acids is 2. The van der Waals surface area contributed by atoms with Crippen LogP contribution in [-0.4, -0.2) is 68.1 Å². The largest absolute Gasteiger partial charge is 0.508 e. The lowest BCUT2D eigenvalue weighted by molar-refractivity contribution is -0.282. The number of hydrogen-bond acceptors (Lipinski definition) is 8. The fourth-order valence-electron chi connectivity index (χ4n) is 10.0. The van der Waals surface area contributed by atoms with Gasteiger partial charge < -0.3 is 19.5 Å². The van der Waals surface area contributed by atoms with Crippen molar-refractivity contribution >= 4 is 18.1 Å². The topological polar surface area (TPSA) is 112 Å². The average Bonchev–Trinajstić information content (AvgIpc) is 3.39. The minimum absolute atomic E-state index is 0.203. The zero-order valence-electron chi connectivity index (χ0n) is 49.6. The van der Waals surface area contributed by atoms with Gasteiger partial charge in [-0.1, -0.05) is 212 Å². The smallest absolute Gasteiger partial charge is 0.481 e. The van der Waals surface area contributed by atoms with Gasteiger partial charge in [0.25, 0.3) is 0 Å². The molecule has 1 N–H and O–H groups in total. The molecule has 0 aromatic heterocycles. The summed E-state index contributed by atoms with van der Waals surface area (Å²) in [5.41, 5.74) is -1.55. The zero-order valence-corrected chi connectivity index (χ0v) is 49.6. The van der Waals surface area contributed by atoms with Crippen LogP contribution in [-0.2, 0) is 28.8 Å². The van der Waals surface area contributed by atoms with Gasteiger partial charge in [0.05, 0.1) is 24.0 Å². The average molecular weight is 1040 g/mol. The van der Waals surface area contributed by atoms with E-state index in [1.807, 2.05) is 21.0 Å². The van der Waals surface area contributed by atoms with Gasteiger partial charge in [-0.15, -0.1) is 0 Å². The van der Waals surface area contributed by atoms with Gasteiger partial charge in [-0.3, -0.25) is 9.68 Å². The molecule has 0 aliphatic heterocycles. The lowest BCUT2D eigenvalue weighted by Gasteiger charge is -2.33. The molecular weight excluding hydrogens is 923 g/mol. The number of nitrogens with zero attached hydrogens (tertiary/aromatic N) is 1. The SMILES string of the molecule is CCCCCC=CCC=CCCCCCCC(CC)(CCCC(CC)(CCCCCCC=CCC=CCCCCC)C(=O)OOCCCC(CCCCCCCCCCCC)OC(=O)OCCCN(C)C)C(=O)O. The molecule has 0 saturated heterocycles. The zero-order chi connectivity index (χ0) is 54.5. The van der Waals surface area contributed by atoms with E-state index in [1.165, 1.54) is 103 Å². The van der Waals surface area contributed by atoms with Gasteiger partial charge in [0.1, 0.15) is 6.10 Å². The molecule has 9 nitrogen and oxygen atoms in total. The molecule has 0 fully saturated rings. The first-order chi connectivity index (χ1) is 36.1. The summed E-state index contributed by atoms with van der Waals surface area (Å²) < 4.78 is 11.3. The van der Waals surface area contributed by atoms with Crippen molar-refractivity contribution in [2.75, 3.05) is 33.9 Å². The third-order valence-corrected chi connectivity index (χ3v) is 15.3. The van der Waals surface area contributed by atoms with Crippen LogP contribution in [0.1, 0.15) is 298 Å². The van der Waals surface area contributed by atoms with Crippen molar-refractivity contribution in [2.45, 2.75) is 304 Å². The van der Waals surface area contributed by atoms with Crippen LogP contribution in [0.2, 0.25) is 0 Å². The molecule has 0 heterocycles. The van der Waals surface area contributed by atoms with Gasteiger partial charge in [-0.05, 0) is 149 Å². The van der Waals surface area contributed by atoms with Crippen LogP contribution in [0.15, 0.2) is 48.6 Å². The lowest BCUT2D eigenvalue weighted by atomic mass is 9.71. The molecule has 3 atom stereocenters. The second kappa shape index (κ2) is 52.2. The maximum absolute atomic E-state index is 14.2. The van der Waals surface area contributed by atoms with Gasteiger partial charge in [0, 0.05) is 6.54 Å². The summed E-state index contributed by atoms with van der Waals surface area (Å²) in [6, 6.07) is 0. The summed E-state index contributed by atoms with van der Waals surface area (Å²) in [6.07, 6.45) is 59.1. The number of carbonyl (C=O) groups is 3. The molecule has 74 heavy (non-hydrogen) atoms. The number of aliphatic carboxylic acids is 1. The number of unbranched alkanes of at least 4 members (excludes halogenated alkanes) is 23. The number of hydrogen-bond donors (Lipinski definition) is 1. The normalized spacial score (nSPS) is 14.2. The standard InChI is InChI=1S/C65H119NO8/c1-8-13-16-19-22-25-28-30-32-34-37-40-43-46-53-64(11-4,61(67)68)55-49-56-65(12-5,54-47-44-41-38-35-33-31-29-26-23-20-17-14-9-2)62(69)74-72-59-48-52-60(73-63(70)71-58-50-57-66(6)7)51-45-42-39-36-27-24-21-18-15-10-3/h22-23,25-26,30-33,60H,8-21,24,27-29,34-59H2,1-7H3,(H,67,68). The molecule has 432 valence electrons. The minimum Gasteiger partial charge on any atom is -0.481 e. The third-order valence-electron chi connectivity index (χ3n) is 15.3. The maximum Gasteiger partial charge on any atom is 0.508 e. The third kappa shape index (κ3) is 41.3. The summed E-state index contributed by atoms with van der Waals surface area (Å²) in [6.45, 7) is 12.2. The van der Waals surface area contributed by atoms with Gasteiger partial charge >= 0.3 is 18.1 Å². The second-order valence-electron chi connectivity index (χ2n) is 22.0. The van der Waals surface area contributed by atoms with Crippen LogP contribution in [0, 0.1) is 10.8 Å².